The normalized spacial score (nSPS) is 46.4. The van der Waals surface area contributed by atoms with Gasteiger partial charge in [0.25, 0.3) is 0 Å². The highest BCUT2D eigenvalue weighted by atomic mass is 16.4. The lowest BCUT2D eigenvalue weighted by Gasteiger charge is -2.61. The first-order chi connectivity index (χ1) is 8.93. The van der Waals surface area contributed by atoms with Crippen LogP contribution in [0.1, 0.15) is 39.0 Å². The average Bonchev–Trinajstić information content (AvgIpc) is 2.41. The fraction of sp³-hybridized carbons (Fsp3) is 0.800. The van der Waals surface area contributed by atoms with Gasteiger partial charge in [-0.2, -0.15) is 0 Å². The summed E-state index contributed by atoms with van der Waals surface area (Å²) in [4.78, 5) is 9.25. The molecule has 4 fully saturated rings. The summed E-state index contributed by atoms with van der Waals surface area (Å²) in [5.74, 6) is 0.507. The molecule has 0 heterocycles. The van der Waals surface area contributed by atoms with Crippen LogP contribution in [0.4, 0.5) is 0 Å². The monoisotopic (exact) mass is 268 g/mol. The zero-order valence-electron chi connectivity index (χ0n) is 11.5. The number of carboxylic acid groups (broad SMARTS) is 1. The maximum atomic E-state index is 10.3. The number of aliphatic carboxylic acids is 1. The lowest BCUT2D eigenvalue weighted by molar-refractivity contribution is -0.207. The van der Waals surface area contributed by atoms with Crippen molar-refractivity contribution in [1.82, 2.24) is 0 Å². The van der Waals surface area contributed by atoms with E-state index in [2.05, 4.69) is 13.5 Å². The van der Waals surface area contributed by atoms with Crippen molar-refractivity contribution in [3.8, 4) is 0 Å². The van der Waals surface area contributed by atoms with Crippen LogP contribution in [0, 0.1) is 23.2 Å². The van der Waals surface area contributed by atoms with Crippen LogP contribution < -0.4 is 0 Å². The number of hydrogen-bond acceptors (Lipinski definition) is 3. The summed E-state index contributed by atoms with van der Waals surface area (Å²) in [6, 6.07) is 0. The van der Waals surface area contributed by atoms with E-state index in [1.807, 2.05) is 0 Å². The van der Waals surface area contributed by atoms with E-state index in [1.54, 1.807) is 0 Å². The molecule has 4 aliphatic rings. The first-order valence-corrected chi connectivity index (χ1v) is 7.15. The molecule has 4 heteroatoms. The van der Waals surface area contributed by atoms with Gasteiger partial charge in [0.05, 0.1) is 12.2 Å². The van der Waals surface area contributed by atoms with Gasteiger partial charge in [0, 0.05) is 12.0 Å². The molecular formula is C15H24O4. The second kappa shape index (κ2) is 5.25. The SMILES string of the molecule is C=CC(=O)O.CCC12CC3CC(C1)C(O)C(C3)C2O. The summed E-state index contributed by atoms with van der Waals surface area (Å²) in [6.07, 6.45) is 6.05. The summed E-state index contributed by atoms with van der Waals surface area (Å²) in [5, 5.41) is 27.9. The molecule has 0 aromatic heterocycles. The highest BCUT2D eigenvalue weighted by molar-refractivity contribution is 5.78. The predicted octanol–water partition coefficient (Wildman–Crippen LogP) is 1.81. The predicted molar refractivity (Wildman–Crippen MR) is 71.5 cm³/mol. The molecule has 0 aromatic rings. The largest absolute Gasteiger partial charge is 0.478 e. The molecule has 4 nitrogen and oxygen atoms in total. The van der Waals surface area contributed by atoms with Gasteiger partial charge in [-0.1, -0.05) is 13.5 Å². The zero-order valence-corrected chi connectivity index (χ0v) is 11.5. The number of aliphatic hydroxyl groups is 2. The van der Waals surface area contributed by atoms with Gasteiger partial charge in [-0.05, 0) is 49.4 Å². The molecule has 0 aliphatic heterocycles. The Morgan fingerprint density at radius 1 is 1.37 bits per heavy atom. The number of carboxylic acids is 1. The van der Waals surface area contributed by atoms with Crippen LogP contribution >= 0.6 is 0 Å². The smallest absolute Gasteiger partial charge is 0.327 e. The van der Waals surface area contributed by atoms with E-state index >= 15 is 0 Å². The van der Waals surface area contributed by atoms with Gasteiger partial charge in [-0.25, -0.2) is 4.79 Å². The van der Waals surface area contributed by atoms with Gasteiger partial charge in [0.15, 0.2) is 0 Å². The Labute approximate surface area is 114 Å². The Hall–Kier alpha value is -0.870. The van der Waals surface area contributed by atoms with Crippen molar-refractivity contribution in [3.05, 3.63) is 12.7 Å². The molecule has 19 heavy (non-hydrogen) atoms. The van der Waals surface area contributed by atoms with Crippen molar-refractivity contribution < 1.29 is 20.1 Å². The van der Waals surface area contributed by atoms with Crippen LogP contribution in [-0.4, -0.2) is 33.5 Å². The summed E-state index contributed by atoms with van der Waals surface area (Å²) in [5.41, 5.74) is 0.176. The minimum atomic E-state index is -0.981. The van der Waals surface area contributed by atoms with Crippen LogP contribution in [0.15, 0.2) is 12.7 Å². The van der Waals surface area contributed by atoms with Gasteiger partial charge in [-0.15, -0.1) is 0 Å². The summed E-state index contributed by atoms with van der Waals surface area (Å²) >= 11 is 0. The van der Waals surface area contributed by atoms with Crippen LogP contribution in [0.5, 0.6) is 0 Å². The topological polar surface area (TPSA) is 77.8 Å². The maximum Gasteiger partial charge on any atom is 0.327 e. The highest BCUT2D eigenvalue weighted by Crippen LogP contribution is 2.61. The van der Waals surface area contributed by atoms with Gasteiger partial charge in [0.1, 0.15) is 0 Å². The molecule has 0 aromatic carbocycles. The number of carbonyl (C=O) groups is 1. The number of aliphatic hydroxyl groups excluding tert-OH is 2. The Balaban J connectivity index is 0.000000232. The molecule has 6 unspecified atom stereocenters. The van der Waals surface area contributed by atoms with E-state index in [-0.39, 0.29) is 23.5 Å². The molecule has 6 atom stereocenters. The van der Waals surface area contributed by atoms with E-state index < -0.39 is 5.97 Å². The molecule has 0 spiro atoms. The van der Waals surface area contributed by atoms with Crippen molar-refractivity contribution in [1.29, 1.82) is 0 Å². The van der Waals surface area contributed by atoms with Crippen LogP contribution in [0.2, 0.25) is 0 Å². The van der Waals surface area contributed by atoms with E-state index in [0.717, 1.165) is 31.3 Å². The van der Waals surface area contributed by atoms with Crippen molar-refractivity contribution in [3.63, 3.8) is 0 Å². The fourth-order valence-electron chi connectivity index (χ4n) is 4.60. The maximum absolute atomic E-state index is 10.3. The first kappa shape index (κ1) is 14.5. The third-order valence-corrected chi connectivity index (χ3v) is 5.44. The Kier molecular flexibility index (Phi) is 4.02. The molecule has 0 saturated heterocycles. The summed E-state index contributed by atoms with van der Waals surface area (Å²) < 4.78 is 0. The molecule has 0 amide bonds. The standard InChI is InChI=1S/C12H20O2.C3H4O2/c1-2-12-5-7-3-8(6-12)10(13)9(4-7)11(12)14;1-2-3(4)5/h7-11,13-14H,2-6H2,1H3;2H,1H2,(H,4,5). The third kappa shape index (κ3) is 2.43. The molecule has 4 bridgehead atoms. The number of hydrogen-bond donors (Lipinski definition) is 3. The quantitative estimate of drug-likeness (QED) is 0.667. The third-order valence-electron chi connectivity index (χ3n) is 5.44. The van der Waals surface area contributed by atoms with E-state index in [9.17, 15) is 15.0 Å². The van der Waals surface area contributed by atoms with E-state index in [4.69, 9.17) is 5.11 Å². The summed E-state index contributed by atoms with van der Waals surface area (Å²) in [6.45, 7) is 5.16. The molecule has 4 rings (SSSR count). The molecule has 3 N–H and O–H groups in total. The number of rotatable bonds is 2. The minimum absolute atomic E-state index is 0.176. The Morgan fingerprint density at radius 3 is 2.53 bits per heavy atom. The minimum Gasteiger partial charge on any atom is -0.478 e. The van der Waals surface area contributed by atoms with Gasteiger partial charge in [0.2, 0.25) is 0 Å². The van der Waals surface area contributed by atoms with Gasteiger partial charge < -0.3 is 15.3 Å². The molecule has 0 radical (unpaired) electrons. The highest BCUT2D eigenvalue weighted by Gasteiger charge is 2.59. The molecular weight excluding hydrogens is 244 g/mol. The van der Waals surface area contributed by atoms with Gasteiger partial charge in [-0.3, -0.25) is 0 Å². The van der Waals surface area contributed by atoms with Crippen LogP contribution in [0.25, 0.3) is 0 Å². The first-order valence-electron chi connectivity index (χ1n) is 7.15. The van der Waals surface area contributed by atoms with Gasteiger partial charge >= 0.3 is 5.97 Å². The van der Waals surface area contributed by atoms with Crippen molar-refractivity contribution >= 4 is 5.97 Å². The van der Waals surface area contributed by atoms with Crippen molar-refractivity contribution in [2.75, 3.05) is 0 Å². The molecule has 4 aliphatic carbocycles. The average molecular weight is 268 g/mol. The fourth-order valence-corrected chi connectivity index (χ4v) is 4.60. The van der Waals surface area contributed by atoms with E-state index in [1.165, 1.54) is 12.8 Å². The lowest BCUT2D eigenvalue weighted by atomic mass is 9.46. The summed E-state index contributed by atoms with van der Waals surface area (Å²) in [7, 11) is 0. The lowest BCUT2D eigenvalue weighted by Crippen LogP contribution is -2.61. The second-order valence-electron chi connectivity index (χ2n) is 6.36. The van der Waals surface area contributed by atoms with E-state index in [0.29, 0.717) is 5.92 Å². The van der Waals surface area contributed by atoms with Crippen molar-refractivity contribution in [2.45, 2.75) is 51.2 Å². The van der Waals surface area contributed by atoms with Crippen LogP contribution in [-0.2, 0) is 4.79 Å². The van der Waals surface area contributed by atoms with Crippen molar-refractivity contribution in [2.24, 2.45) is 23.2 Å². The Morgan fingerprint density at radius 2 is 2.00 bits per heavy atom. The molecule has 4 saturated carbocycles. The van der Waals surface area contributed by atoms with Crippen LogP contribution in [0.3, 0.4) is 0 Å². The molecule has 108 valence electrons. The zero-order chi connectivity index (χ0) is 14.2. The second-order valence-corrected chi connectivity index (χ2v) is 6.36. The Bertz CT molecular complexity index is 367.